The monoisotopic (exact) mass is 259 g/mol. The number of rotatable bonds is 3. The summed E-state index contributed by atoms with van der Waals surface area (Å²) in [6.07, 6.45) is 6.11. The molecule has 0 heterocycles. The van der Waals surface area contributed by atoms with Gasteiger partial charge in [-0.15, -0.1) is 0 Å². The van der Waals surface area contributed by atoms with E-state index in [1.165, 1.54) is 26.4 Å². The van der Waals surface area contributed by atoms with Crippen LogP contribution in [-0.4, -0.2) is 30.8 Å². The maximum Gasteiger partial charge on any atom is 0.200 e. The van der Waals surface area contributed by atoms with E-state index in [-0.39, 0.29) is 23.0 Å². The molecule has 1 N–H and O–H groups in total. The summed E-state index contributed by atoms with van der Waals surface area (Å²) in [4.78, 5) is 15.3. The number of hydrogen-bond donors (Lipinski definition) is 1. The van der Waals surface area contributed by atoms with Crippen LogP contribution < -0.4 is 9.47 Å². The molecule has 0 amide bonds. The van der Waals surface area contributed by atoms with Crippen LogP contribution in [0.3, 0.4) is 0 Å². The van der Waals surface area contributed by atoms with Gasteiger partial charge < -0.3 is 14.6 Å². The first kappa shape index (κ1) is 12.9. The Kier molecular flexibility index (Phi) is 3.66. The molecule has 0 saturated carbocycles. The van der Waals surface area contributed by atoms with E-state index >= 15 is 0 Å². The fourth-order valence-corrected chi connectivity index (χ4v) is 1.61. The van der Waals surface area contributed by atoms with E-state index < -0.39 is 0 Å². The van der Waals surface area contributed by atoms with Crippen LogP contribution in [0.1, 0.15) is 0 Å². The molecule has 1 aliphatic rings. The predicted molar refractivity (Wildman–Crippen MR) is 71.6 cm³/mol. The molecule has 0 spiro atoms. The number of phenolic OH excluding ortho intramolecular Hbond substituents is 1. The minimum absolute atomic E-state index is 0.0696. The SMILES string of the molecule is COc1cc(N=C2C=CC(=O)C=C2)cc(OC)c1O. The van der Waals surface area contributed by atoms with Crippen LogP contribution >= 0.6 is 0 Å². The Morgan fingerprint density at radius 2 is 1.53 bits per heavy atom. The second kappa shape index (κ2) is 5.39. The number of benzene rings is 1. The summed E-state index contributed by atoms with van der Waals surface area (Å²) in [5.41, 5.74) is 1.19. The van der Waals surface area contributed by atoms with Gasteiger partial charge in [0, 0.05) is 12.1 Å². The fourth-order valence-electron chi connectivity index (χ4n) is 1.61. The molecule has 0 fully saturated rings. The maximum atomic E-state index is 11.0. The zero-order valence-corrected chi connectivity index (χ0v) is 10.6. The number of carbonyl (C=O) groups excluding carboxylic acids is 1. The number of ketones is 1. The Morgan fingerprint density at radius 1 is 1.00 bits per heavy atom. The number of methoxy groups -OCH3 is 2. The van der Waals surface area contributed by atoms with E-state index in [9.17, 15) is 9.90 Å². The van der Waals surface area contributed by atoms with E-state index in [4.69, 9.17) is 9.47 Å². The Bertz CT molecular complexity index is 556. The Balaban J connectivity index is 2.41. The van der Waals surface area contributed by atoms with Crippen molar-refractivity contribution in [2.75, 3.05) is 14.2 Å². The number of allylic oxidation sites excluding steroid dienone is 4. The van der Waals surface area contributed by atoms with Crippen molar-refractivity contribution >= 4 is 17.2 Å². The average molecular weight is 259 g/mol. The third-order valence-corrected chi connectivity index (χ3v) is 2.56. The van der Waals surface area contributed by atoms with Crippen molar-refractivity contribution < 1.29 is 19.4 Å². The molecular weight excluding hydrogens is 246 g/mol. The van der Waals surface area contributed by atoms with Crippen molar-refractivity contribution in [2.24, 2.45) is 4.99 Å². The molecule has 0 unspecified atom stereocenters. The summed E-state index contributed by atoms with van der Waals surface area (Å²) in [5.74, 6) is 0.413. The lowest BCUT2D eigenvalue weighted by molar-refractivity contribution is -0.110. The average Bonchev–Trinajstić information content (AvgIpc) is 2.43. The third kappa shape index (κ3) is 2.82. The van der Waals surface area contributed by atoms with E-state index in [0.717, 1.165) is 0 Å². The molecule has 0 aliphatic heterocycles. The lowest BCUT2D eigenvalue weighted by Gasteiger charge is -2.09. The van der Waals surface area contributed by atoms with Crippen LogP contribution in [0.15, 0.2) is 41.4 Å². The predicted octanol–water partition coefficient (Wildman–Crippen LogP) is 2.18. The molecule has 0 aromatic heterocycles. The summed E-state index contributed by atoms with van der Waals surface area (Å²) in [6.45, 7) is 0. The summed E-state index contributed by atoms with van der Waals surface area (Å²) in [7, 11) is 2.90. The summed E-state index contributed by atoms with van der Waals surface area (Å²) in [5, 5.41) is 9.78. The van der Waals surface area contributed by atoms with Crippen LogP contribution in [0.4, 0.5) is 5.69 Å². The van der Waals surface area contributed by atoms with E-state index in [0.29, 0.717) is 11.4 Å². The first-order chi connectivity index (χ1) is 9.13. The van der Waals surface area contributed by atoms with Crippen LogP contribution in [0.2, 0.25) is 0 Å². The molecule has 1 aliphatic carbocycles. The third-order valence-electron chi connectivity index (χ3n) is 2.56. The summed E-state index contributed by atoms with van der Waals surface area (Å²) >= 11 is 0. The van der Waals surface area contributed by atoms with Gasteiger partial charge in [-0.1, -0.05) is 0 Å². The summed E-state index contributed by atoms with van der Waals surface area (Å²) < 4.78 is 10.1. The van der Waals surface area contributed by atoms with Gasteiger partial charge in [0.05, 0.1) is 25.6 Å². The zero-order valence-electron chi connectivity index (χ0n) is 10.6. The molecule has 1 aromatic rings. The normalized spacial score (nSPS) is 13.6. The highest BCUT2D eigenvalue weighted by Gasteiger charge is 2.11. The van der Waals surface area contributed by atoms with Gasteiger partial charge in [-0.05, 0) is 24.3 Å². The molecular formula is C14H13NO4. The molecule has 0 saturated heterocycles. The van der Waals surface area contributed by atoms with Crippen LogP contribution in [-0.2, 0) is 4.79 Å². The van der Waals surface area contributed by atoms with Gasteiger partial charge in [0.1, 0.15) is 0 Å². The van der Waals surface area contributed by atoms with Gasteiger partial charge in [0.2, 0.25) is 5.75 Å². The highest BCUT2D eigenvalue weighted by atomic mass is 16.5. The molecule has 1 aromatic carbocycles. The second-order valence-corrected chi connectivity index (χ2v) is 3.80. The van der Waals surface area contributed by atoms with Gasteiger partial charge >= 0.3 is 0 Å². The van der Waals surface area contributed by atoms with E-state index in [1.54, 1.807) is 24.3 Å². The molecule has 5 heteroatoms. The number of carbonyl (C=O) groups is 1. The van der Waals surface area contributed by atoms with Crippen molar-refractivity contribution in [1.82, 2.24) is 0 Å². The number of hydrogen-bond acceptors (Lipinski definition) is 5. The number of phenols is 1. The van der Waals surface area contributed by atoms with E-state index in [2.05, 4.69) is 4.99 Å². The van der Waals surface area contributed by atoms with Crippen molar-refractivity contribution in [3.63, 3.8) is 0 Å². The minimum atomic E-state index is -0.0705. The van der Waals surface area contributed by atoms with Crippen molar-refractivity contribution in [1.29, 1.82) is 0 Å². The van der Waals surface area contributed by atoms with Crippen molar-refractivity contribution in [3.8, 4) is 17.2 Å². The lowest BCUT2D eigenvalue weighted by atomic mass is 10.1. The fraction of sp³-hybridized carbons (Fsp3) is 0.143. The highest BCUT2D eigenvalue weighted by Crippen LogP contribution is 2.39. The van der Waals surface area contributed by atoms with Gasteiger partial charge in [0.15, 0.2) is 17.3 Å². The first-order valence-corrected chi connectivity index (χ1v) is 5.58. The zero-order chi connectivity index (χ0) is 13.8. The van der Waals surface area contributed by atoms with Gasteiger partial charge in [-0.3, -0.25) is 4.79 Å². The maximum absolute atomic E-state index is 11.0. The summed E-state index contributed by atoms with van der Waals surface area (Å²) in [6, 6.07) is 3.17. The van der Waals surface area contributed by atoms with Gasteiger partial charge in [-0.2, -0.15) is 0 Å². The number of aromatic hydroxyl groups is 1. The molecule has 0 radical (unpaired) electrons. The second-order valence-electron chi connectivity index (χ2n) is 3.80. The van der Waals surface area contributed by atoms with Gasteiger partial charge in [0.25, 0.3) is 0 Å². The Hall–Kier alpha value is -2.56. The first-order valence-electron chi connectivity index (χ1n) is 5.58. The Labute approximate surface area is 110 Å². The van der Waals surface area contributed by atoms with Crippen molar-refractivity contribution in [3.05, 3.63) is 36.4 Å². The van der Waals surface area contributed by atoms with Crippen molar-refractivity contribution in [2.45, 2.75) is 0 Å². The molecule has 0 atom stereocenters. The topological polar surface area (TPSA) is 68.1 Å². The standard InChI is InChI=1S/C14H13NO4/c1-18-12-7-10(8-13(19-2)14(12)17)15-9-3-5-11(16)6-4-9/h3-8,17H,1-2H3. The van der Waals surface area contributed by atoms with Crippen LogP contribution in [0, 0.1) is 0 Å². The lowest BCUT2D eigenvalue weighted by Crippen LogP contribution is -1.98. The van der Waals surface area contributed by atoms with Gasteiger partial charge in [-0.25, -0.2) is 4.99 Å². The van der Waals surface area contributed by atoms with E-state index in [1.807, 2.05) is 0 Å². The molecule has 98 valence electrons. The number of aliphatic imine (C=N–C) groups is 1. The quantitative estimate of drug-likeness (QED) is 0.845. The highest BCUT2D eigenvalue weighted by molar-refractivity contribution is 6.17. The largest absolute Gasteiger partial charge is 0.502 e. The number of ether oxygens (including phenoxy) is 2. The smallest absolute Gasteiger partial charge is 0.200 e. The molecule has 2 rings (SSSR count). The molecule has 5 nitrogen and oxygen atoms in total. The van der Waals surface area contributed by atoms with Crippen LogP contribution in [0.25, 0.3) is 0 Å². The molecule has 19 heavy (non-hydrogen) atoms. The minimum Gasteiger partial charge on any atom is -0.502 e. The molecule has 0 bridgehead atoms. The van der Waals surface area contributed by atoms with Crippen LogP contribution in [0.5, 0.6) is 17.2 Å². The Morgan fingerprint density at radius 3 is 2.00 bits per heavy atom. The number of nitrogens with zero attached hydrogens (tertiary/aromatic N) is 1.